The van der Waals surface area contributed by atoms with E-state index in [1.165, 1.54) is 19.3 Å². The zero-order chi connectivity index (χ0) is 14.8. The van der Waals surface area contributed by atoms with Crippen molar-refractivity contribution >= 4 is 11.3 Å². The molecule has 2 rings (SSSR count). The van der Waals surface area contributed by atoms with Crippen LogP contribution in [0, 0.1) is 0 Å². The van der Waals surface area contributed by atoms with Crippen LogP contribution in [-0.4, -0.2) is 28.3 Å². The molecule has 1 aromatic rings. The second kappa shape index (κ2) is 6.12. The van der Waals surface area contributed by atoms with E-state index in [9.17, 15) is 5.11 Å². The molecule has 2 N–H and O–H groups in total. The number of thiazole rings is 1. The number of nitrogens with zero attached hydrogens (tertiary/aromatic N) is 1. The molecule has 1 saturated heterocycles. The molecule has 0 amide bonds. The predicted molar refractivity (Wildman–Crippen MR) is 85.4 cm³/mol. The van der Waals surface area contributed by atoms with Gasteiger partial charge in [0.1, 0.15) is 0 Å². The third-order valence-electron chi connectivity index (χ3n) is 3.95. The van der Waals surface area contributed by atoms with Crippen molar-refractivity contribution in [2.45, 2.75) is 76.9 Å². The van der Waals surface area contributed by atoms with Crippen molar-refractivity contribution in [3.63, 3.8) is 0 Å². The van der Waals surface area contributed by atoms with Gasteiger partial charge in [-0.2, -0.15) is 0 Å². The summed E-state index contributed by atoms with van der Waals surface area (Å²) in [7, 11) is 0. The van der Waals surface area contributed by atoms with Crippen LogP contribution in [0.1, 0.15) is 64.1 Å². The summed E-state index contributed by atoms with van der Waals surface area (Å²) in [5, 5.41) is 17.4. The highest BCUT2D eigenvalue weighted by Gasteiger charge is 2.28. The lowest BCUT2D eigenvalue weighted by molar-refractivity contribution is 0.0370. The molecule has 1 aliphatic rings. The summed E-state index contributed by atoms with van der Waals surface area (Å²) in [5.41, 5.74) is 0.553. The van der Waals surface area contributed by atoms with Gasteiger partial charge < -0.3 is 10.4 Å². The van der Waals surface area contributed by atoms with E-state index in [1.54, 1.807) is 11.3 Å². The highest BCUT2D eigenvalue weighted by molar-refractivity contribution is 7.09. The minimum atomic E-state index is -0.665. The van der Waals surface area contributed by atoms with Crippen LogP contribution < -0.4 is 5.32 Å². The van der Waals surface area contributed by atoms with E-state index >= 15 is 0 Å². The third kappa shape index (κ3) is 4.54. The van der Waals surface area contributed by atoms with E-state index in [1.807, 2.05) is 6.92 Å². The van der Waals surface area contributed by atoms with Crippen molar-refractivity contribution in [2.24, 2.45) is 0 Å². The maximum absolute atomic E-state index is 10.7. The summed E-state index contributed by atoms with van der Waals surface area (Å²) in [5.74, 6) is 0. The lowest BCUT2D eigenvalue weighted by Crippen LogP contribution is -2.41. The van der Waals surface area contributed by atoms with E-state index in [0.29, 0.717) is 12.5 Å². The molecule has 3 nitrogen and oxygen atoms in total. The van der Waals surface area contributed by atoms with Gasteiger partial charge in [-0.3, -0.25) is 0 Å². The number of aromatic nitrogens is 1. The Balaban J connectivity index is 1.95. The van der Waals surface area contributed by atoms with Crippen LogP contribution in [-0.2, 0) is 11.8 Å². The summed E-state index contributed by atoms with van der Waals surface area (Å²) in [6.07, 6.45) is 5.20. The Morgan fingerprint density at radius 2 is 2.10 bits per heavy atom. The van der Waals surface area contributed by atoms with Crippen molar-refractivity contribution < 1.29 is 5.11 Å². The minimum absolute atomic E-state index is 0.0888. The molecule has 2 unspecified atom stereocenters. The van der Waals surface area contributed by atoms with Gasteiger partial charge in [-0.15, -0.1) is 11.3 Å². The monoisotopic (exact) mass is 296 g/mol. The molecule has 0 aliphatic carbocycles. The predicted octanol–water partition coefficient (Wildman–Crippen LogP) is 3.27. The summed E-state index contributed by atoms with van der Waals surface area (Å²) in [4.78, 5) is 4.70. The Labute approximate surface area is 126 Å². The largest absolute Gasteiger partial charge is 0.390 e. The maximum atomic E-state index is 10.7. The van der Waals surface area contributed by atoms with Crippen LogP contribution in [0.2, 0.25) is 0 Å². The Morgan fingerprint density at radius 1 is 1.35 bits per heavy atom. The molecule has 4 heteroatoms. The molecule has 2 atom stereocenters. The quantitative estimate of drug-likeness (QED) is 0.896. The first-order valence-electron chi connectivity index (χ1n) is 7.67. The van der Waals surface area contributed by atoms with Crippen LogP contribution >= 0.6 is 11.3 Å². The summed E-state index contributed by atoms with van der Waals surface area (Å²) in [6.45, 7) is 9.56. The lowest BCUT2D eigenvalue weighted by Gasteiger charge is -2.31. The van der Waals surface area contributed by atoms with Gasteiger partial charge in [0, 0.05) is 23.3 Å². The average Bonchev–Trinajstić information content (AvgIpc) is 2.77. The van der Waals surface area contributed by atoms with E-state index in [2.05, 4.69) is 31.5 Å². The molecule has 1 aromatic heterocycles. The molecule has 2 heterocycles. The minimum Gasteiger partial charge on any atom is -0.390 e. The summed E-state index contributed by atoms with van der Waals surface area (Å²) < 4.78 is 0. The van der Waals surface area contributed by atoms with Gasteiger partial charge >= 0.3 is 0 Å². The van der Waals surface area contributed by atoms with Crippen LogP contribution in [0.4, 0.5) is 0 Å². The van der Waals surface area contributed by atoms with Crippen LogP contribution in [0.5, 0.6) is 0 Å². The van der Waals surface area contributed by atoms with E-state index < -0.39 is 5.60 Å². The highest BCUT2D eigenvalue weighted by Crippen LogP contribution is 2.28. The molecular formula is C16H28N2OS. The zero-order valence-corrected chi connectivity index (χ0v) is 14.0. The smallest absolute Gasteiger partial charge is 0.0957 e. The van der Waals surface area contributed by atoms with Crippen molar-refractivity contribution in [1.82, 2.24) is 10.3 Å². The van der Waals surface area contributed by atoms with Gasteiger partial charge in [0.25, 0.3) is 0 Å². The average molecular weight is 296 g/mol. The van der Waals surface area contributed by atoms with Gasteiger partial charge in [0.2, 0.25) is 0 Å². The Bertz CT molecular complexity index is 428. The van der Waals surface area contributed by atoms with Crippen LogP contribution in [0.3, 0.4) is 0 Å². The standard InChI is InChI=1S/C16H28N2OS/c1-15(2,3)13-11-20-14(18-13)10-16(4,19)9-12-7-5-6-8-17-12/h11-12,17,19H,5-10H2,1-4H3. The van der Waals surface area contributed by atoms with Gasteiger partial charge in [0.05, 0.1) is 16.3 Å². The summed E-state index contributed by atoms with van der Waals surface area (Å²) in [6, 6.07) is 0.459. The van der Waals surface area contributed by atoms with Crippen molar-refractivity contribution in [2.75, 3.05) is 6.54 Å². The number of rotatable bonds is 4. The first-order valence-corrected chi connectivity index (χ1v) is 8.55. The molecular weight excluding hydrogens is 268 g/mol. The number of hydrogen-bond acceptors (Lipinski definition) is 4. The molecule has 1 fully saturated rings. The number of piperidine rings is 1. The first kappa shape index (κ1) is 15.9. The molecule has 0 bridgehead atoms. The van der Waals surface area contributed by atoms with Crippen molar-refractivity contribution in [1.29, 1.82) is 0 Å². The number of hydrogen-bond donors (Lipinski definition) is 2. The Hall–Kier alpha value is -0.450. The van der Waals surface area contributed by atoms with E-state index in [4.69, 9.17) is 4.98 Å². The van der Waals surface area contributed by atoms with Crippen LogP contribution in [0.25, 0.3) is 0 Å². The van der Waals surface area contributed by atoms with Gasteiger partial charge in [-0.25, -0.2) is 4.98 Å². The SMILES string of the molecule is CC(O)(Cc1nc(C(C)(C)C)cs1)CC1CCCCN1. The van der Waals surface area contributed by atoms with E-state index in [0.717, 1.165) is 23.7 Å². The highest BCUT2D eigenvalue weighted by atomic mass is 32.1. The van der Waals surface area contributed by atoms with Gasteiger partial charge in [0.15, 0.2) is 0 Å². The second-order valence-electron chi connectivity index (χ2n) is 7.40. The van der Waals surface area contributed by atoms with E-state index in [-0.39, 0.29) is 5.41 Å². The molecule has 20 heavy (non-hydrogen) atoms. The Morgan fingerprint density at radius 3 is 2.65 bits per heavy atom. The normalized spacial score (nSPS) is 23.6. The fourth-order valence-corrected chi connectivity index (χ4v) is 3.96. The van der Waals surface area contributed by atoms with Gasteiger partial charge in [-0.05, 0) is 32.7 Å². The molecule has 0 saturated carbocycles. The van der Waals surface area contributed by atoms with Crippen molar-refractivity contribution in [3.8, 4) is 0 Å². The maximum Gasteiger partial charge on any atom is 0.0957 e. The van der Waals surface area contributed by atoms with Gasteiger partial charge in [-0.1, -0.05) is 27.2 Å². The molecule has 0 spiro atoms. The molecule has 114 valence electrons. The van der Waals surface area contributed by atoms with Crippen molar-refractivity contribution in [3.05, 3.63) is 16.1 Å². The summed E-state index contributed by atoms with van der Waals surface area (Å²) >= 11 is 1.67. The third-order valence-corrected chi connectivity index (χ3v) is 4.80. The number of nitrogens with one attached hydrogen (secondary N) is 1. The fourth-order valence-electron chi connectivity index (χ4n) is 2.76. The number of aliphatic hydroxyl groups is 1. The molecule has 0 aromatic carbocycles. The fraction of sp³-hybridized carbons (Fsp3) is 0.812. The zero-order valence-electron chi connectivity index (χ0n) is 13.2. The first-order chi connectivity index (χ1) is 9.26. The molecule has 1 aliphatic heterocycles. The van der Waals surface area contributed by atoms with Crippen LogP contribution in [0.15, 0.2) is 5.38 Å². The lowest BCUT2D eigenvalue weighted by atomic mass is 9.89. The Kier molecular flexibility index (Phi) is 4.88. The topological polar surface area (TPSA) is 45.2 Å². The molecule has 0 radical (unpaired) electrons. The second-order valence-corrected chi connectivity index (χ2v) is 8.34.